The van der Waals surface area contributed by atoms with Gasteiger partial charge in [-0.25, -0.2) is 0 Å². The maximum Gasteiger partial charge on any atom is 0.0175 e. The lowest BCUT2D eigenvalue weighted by Gasteiger charge is -2.18. The summed E-state index contributed by atoms with van der Waals surface area (Å²) in [6.07, 6.45) is 1.08. The maximum absolute atomic E-state index is 3.50. The van der Waals surface area contributed by atoms with E-state index in [1.807, 2.05) is 7.05 Å². The predicted molar refractivity (Wildman–Crippen MR) is 85.7 cm³/mol. The van der Waals surface area contributed by atoms with E-state index in [-0.39, 0.29) is 0 Å². The molecule has 0 aromatic heterocycles. The number of halogens is 1. The topological polar surface area (TPSA) is 12.0 Å². The normalized spacial score (nSPS) is 12.4. The van der Waals surface area contributed by atoms with E-state index in [2.05, 4.69) is 76.7 Å². The lowest BCUT2D eigenvalue weighted by atomic mass is 9.90. The monoisotopic (exact) mass is 317 g/mol. The molecule has 0 heterocycles. The van der Waals surface area contributed by atoms with Crippen LogP contribution in [0.1, 0.15) is 22.6 Å². The van der Waals surface area contributed by atoms with Gasteiger partial charge in [-0.1, -0.05) is 52.3 Å². The molecule has 0 radical (unpaired) electrons. The second kappa shape index (κ2) is 6.88. The van der Waals surface area contributed by atoms with Crippen LogP contribution in [0.4, 0.5) is 0 Å². The third kappa shape index (κ3) is 3.92. The molecule has 19 heavy (non-hydrogen) atoms. The van der Waals surface area contributed by atoms with E-state index in [1.54, 1.807) is 0 Å². The first-order valence-electron chi connectivity index (χ1n) is 6.65. The quantitative estimate of drug-likeness (QED) is 0.866. The highest BCUT2D eigenvalue weighted by atomic mass is 79.9. The van der Waals surface area contributed by atoms with Crippen LogP contribution in [0.3, 0.4) is 0 Å². The summed E-state index contributed by atoms with van der Waals surface area (Å²) in [5.74, 6) is 0.513. The van der Waals surface area contributed by atoms with E-state index in [0.29, 0.717) is 5.92 Å². The van der Waals surface area contributed by atoms with Crippen LogP contribution < -0.4 is 5.32 Å². The van der Waals surface area contributed by atoms with Crippen molar-refractivity contribution < 1.29 is 0 Å². The van der Waals surface area contributed by atoms with Crippen LogP contribution in [-0.4, -0.2) is 13.6 Å². The summed E-state index contributed by atoms with van der Waals surface area (Å²) in [7, 11) is 2.02. The fraction of sp³-hybridized carbons (Fsp3) is 0.294. The van der Waals surface area contributed by atoms with Crippen LogP contribution in [-0.2, 0) is 6.42 Å². The Morgan fingerprint density at radius 3 is 2.37 bits per heavy atom. The van der Waals surface area contributed by atoms with E-state index in [1.165, 1.54) is 16.7 Å². The smallest absolute Gasteiger partial charge is 0.0175 e. The molecule has 2 heteroatoms. The lowest BCUT2D eigenvalue weighted by Crippen LogP contribution is -2.19. The van der Waals surface area contributed by atoms with Crippen LogP contribution in [0, 0.1) is 6.92 Å². The molecule has 0 fully saturated rings. The van der Waals surface area contributed by atoms with Crippen molar-refractivity contribution in [1.82, 2.24) is 5.32 Å². The molecule has 2 rings (SSSR count). The highest BCUT2D eigenvalue weighted by Crippen LogP contribution is 2.23. The standard InChI is InChI=1S/C17H20BrN/c1-13-5-3-4-6-15(13)11-16(12-19-2)14-7-9-17(18)10-8-14/h3-10,16,19H,11-12H2,1-2H3. The number of hydrogen-bond acceptors (Lipinski definition) is 1. The van der Waals surface area contributed by atoms with Crippen molar-refractivity contribution in [3.63, 3.8) is 0 Å². The van der Waals surface area contributed by atoms with Gasteiger partial charge in [-0.05, 0) is 49.2 Å². The highest BCUT2D eigenvalue weighted by Gasteiger charge is 2.12. The van der Waals surface area contributed by atoms with Gasteiger partial charge in [-0.15, -0.1) is 0 Å². The van der Waals surface area contributed by atoms with Gasteiger partial charge in [-0.3, -0.25) is 0 Å². The zero-order valence-corrected chi connectivity index (χ0v) is 13.1. The van der Waals surface area contributed by atoms with Crippen LogP contribution >= 0.6 is 15.9 Å². The van der Waals surface area contributed by atoms with E-state index < -0.39 is 0 Å². The third-order valence-corrected chi connectivity index (χ3v) is 4.05. The maximum atomic E-state index is 3.50. The SMILES string of the molecule is CNCC(Cc1ccccc1C)c1ccc(Br)cc1. The summed E-state index contributed by atoms with van der Waals surface area (Å²) < 4.78 is 1.13. The van der Waals surface area contributed by atoms with E-state index in [9.17, 15) is 0 Å². The molecule has 2 aromatic rings. The molecule has 0 aliphatic heterocycles. The van der Waals surface area contributed by atoms with Crippen molar-refractivity contribution in [1.29, 1.82) is 0 Å². The van der Waals surface area contributed by atoms with Crippen molar-refractivity contribution in [3.8, 4) is 0 Å². The molecule has 0 saturated carbocycles. The second-order valence-electron chi connectivity index (χ2n) is 4.94. The first-order chi connectivity index (χ1) is 9.20. The van der Waals surface area contributed by atoms with Gasteiger partial charge in [-0.2, -0.15) is 0 Å². The summed E-state index contributed by atoms with van der Waals surface area (Å²) in [5.41, 5.74) is 4.20. The van der Waals surface area contributed by atoms with Gasteiger partial charge < -0.3 is 5.32 Å². The van der Waals surface area contributed by atoms with Crippen molar-refractivity contribution in [2.24, 2.45) is 0 Å². The first kappa shape index (κ1) is 14.3. The molecule has 0 saturated heterocycles. The number of nitrogens with one attached hydrogen (secondary N) is 1. The van der Waals surface area contributed by atoms with Crippen molar-refractivity contribution >= 4 is 15.9 Å². The summed E-state index contributed by atoms with van der Waals surface area (Å²) in [6, 6.07) is 17.3. The fourth-order valence-electron chi connectivity index (χ4n) is 2.39. The summed E-state index contributed by atoms with van der Waals surface area (Å²) in [6.45, 7) is 3.18. The summed E-state index contributed by atoms with van der Waals surface area (Å²) in [5, 5.41) is 3.31. The van der Waals surface area contributed by atoms with Gasteiger partial charge in [0, 0.05) is 16.9 Å². The Balaban J connectivity index is 2.21. The average molecular weight is 318 g/mol. The molecule has 1 unspecified atom stereocenters. The molecular formula is C17H20BrN. The molecule has 1 atom stereocenters. The number of rotatable bonds is 5. The third-order valence-electron chi connectivity index (χ3n) is 3.52. The number of benzene rings is 2. The van der Waals surface area contributed by atoms with Gasteiger partial charge in [0.1, 0.15) is 0 Å². The van der Waals surface area contributed by atoms with Gasteiger partial charge in [0.05, 0.1) is 0 Å². The Labute approximate surface area is 124 Å². The molecule has 2 aromatic carbocycles. The molecule has 0 aliphatic carbocycles. The highest BCUT2D eigenvalue weighted by molar-refractivity contribution is 9.10. The van der Waals surface area contributed by atoms with Crippen LogP contribution in [0.5, 0.6) is 0 Å². The van der Waals surface area contributed by atoms with Crippen LogP contribution in [0.2, 0.25) is 0 Å². The van der Waals surface area contributed by atoms with Gasteiger partial charge in [0.2, 0.25) is 0 Å². The Bertz CT molecular complexity index is 519. The Morgan fingerprint density at radius 2 is 1.74 bits per heavy atom. The molecule has 0 spiro atoms. The van der Waals surface area contributed by atoms with Crippen molar-refractivity contribution in [2.45, 2.75) is 19.3 Å². The van der Waals surface area contributed by atoms with Gasteiger partial charge >= 0.3 is 0 Å². The number of hydrogen-bond donors (Lipinski definition) is 1. The zero-order chi connectivity index (χ0) is 13.7. The largest absolute Gasteiger partial charge is 0.319 e. The fourth-order valence-corrected chi connectivity index (χ4v) is 2.66. The summed E-state index contributed by atoms with van der Waals surface area (Å²) in [4.78, 5) is 0. The number of aryl methyl sites for hydroxylation is 1. The molecule has 0 aliphatic rings. The minimum Gasteiger partial charge on any atom is -0.319 e. The molecular weight excluding hydrogens is 298 g/mol. The molecule has 1 N–H and O–H groups in total. The van der Waals surface area contributed by atoms with E-state index >= 15 is 0 Å². The van der Waals surface area contributed by atoms with E-state index in [4.69, 9.17) is 0 Å². The minimum absolute atomic E-state index is 0.513. The average Bonchev–Trinajstić information content (AvgIpc) is 2.42. The predicted octanol–water partition coefficient (Wildman–Crippen LogP) is 4.30. The molecule has 0 amide bonds. The Hall–Kier alpha value is -1.12. The van der Waals surface area contributed by atoms with Crippen molar-refractivity contribution in [2.75, 3.05) is 13.6 Å². The van der Waals surface area contributed by atoms with E-state index in [0.717, 1.165) is 17.4 Å². The molecule has 0 bridgehead atoms. The second-order valence-corrected chi connectivity index (χ2v) is 5.85. The first-order valence-corrected chi connectivity index (χ1v) is 7.44. The Morgan fingerprint density at radius 1 is 1.05 bits per heavy atom. The molecule has 1 nitrogen and oxygen atoms in total. The summed E-state index contributed by atoms with van der Waals surface area (Å²) >= 11 is 3.50. The van der Waals surface area contributed by atoms with Crippen LogP contribution in [0.25, 0.3) is 0 Å². The van der Waals surface area contributed by atoms with Crippen molar-refractivity contribution in [3.05, 3.63) is 69.7 Å². The lowest BCUT2D eigenvalue weighted by molar-refractivity contribution is 0.624. The van der Waals surface area contributed by atoms with Crippen LogP contribution in [0.15, 0.2) is 53.0 Å². The molecule has 100 valence electrons. The van der Waals surface area contributed by atoms with Gasteiger partial charge in [0.25, 0.3) is 0 Å². The van der Waals surface area contributed by atoms with Gasteiger partial charge in [0.15, 0.2) is 0 Å². The number of likely N-dealkylation sites (N-methyl/N-ethyl adjacent to an activating group) is 1. The Kier molecular flexibility index (Phi) is 5.17. The minimum atomic E-state index is 0.513. The zero-order valence-electron chi connectivity index (χ0n) is 11.5.